The predicted molar refractivity (Wildman–Crippen MR) is 75.0 cm³/mol. The number of hydrogen-bond acceptors (Lipinski definition) is 5. The highest BCUT2D eigenvalue weighted by Crippen LogP contribution is 2.36. The van der Waals surface area contributed by atoms with Crippen molar-refractivity contribution in [3.63, 3.8) is 0 Å². The molecule has 1 aromatic rings. The molecule has 2 heterocycles. The molecule has 19 heavy (non-hydrogen) atoms. The average molecular weight is 264 g/mol. The number of ether oxygens (including phenoxy) is 1. The molecular formula is C14H24N4O. The number of nitrogens with two attached hydrogens (primary N) is 1. The van der Waals surface area contributed by atoms with Crippen molar-refractivity contribution in [3.05, 3.63) is 18.1 Å². The first kappa shape index (κ1) is 14.2. The summed E-state index contributed by atoms with van der Waals surface area (Å²) in [5.41, 5.74) is 7.17. The fourth-order valence-electron chi connectivity index (χ4n) is 2.87. The Balaban J connectivity index is 2.31. The zero-order valence-corrected chi connectivity index (χ0v) is 12.1. The molecule has 2 rings (SSSR count). The highest BCUT2D eigenvalue weighted by molar-refractivity contribution is 5.24. The van der Waals surface area contributed by atoms with Crippen LogP contribution in [0.1, 0.15) is 44.8 Å². The van der Waals surface area contributed by atoms with E-state index >= 15 is 0 Å². The third-order valence-corrected chi connectivity index (χ3v) is 4.39. The van der Waals surface area contributed by atoms with Gasteiger partial charge in [-0.15, -0.1) is 0 Å². The smallest absolute Gasteiger partial charge is 0.237 e. The Morgan fingerprint density at radius 3 is 2.58 bits per heavy atom. The first-order chi connectivity index (χ1) is 9.13. The van der Waals surface area contributed by atoms with Gasteiger partial charge in [-0.3, -0.25) is 9.88 Å². The monoisotopic (exact) mass is 264 g/mol. The van der Waals surface area contributed by atoms with Gasteiger partial charge in [0.15, 0.2) is 0 Å². The molecule has 0 amide bonds. The van der Waals surface area contributed by atoms with Crippen molar-refractivity contribution in [2.75, 3.05) is 20.2 Å². The fraction of sp³-hybridized carbons (Fsp3) is 0.714. The summed E-state index contributed by atoms with van der Waals surface area (Å²) in [6, 6.07) is -0.195. The maximum atomic E-state index is 6.52. The van der Waals surface area contributed by atoms with Crippen LogP contribution >= 0.6 is 0 Å². The summed E-state index contributed by atoms with van der Waals surface area (Å²) >= 11 is 0. The summed E-state index contributed by atoms with van der Waals surface area (Å²) in [4.78, 5) is 11.1. The molecule has 5 nitrogen and oxygen atoms in total. The quantitative estimate of drug-likeness (QED) is 0.877. The van der Waals surface area contributed by atoms with Crippen LogP contribution in [-0.2, 0) is 0 Å². The molecular weight excluding hydrogens is 240 g/mol. The molecule has 2 unspecified atom stereocenters. The lowest BCUT2D eigenvalue weighted by Crippen LogP contribution is -2.52. The largest absolute Gasteiger partial charge is 0.480 e. The van der Waals surface area contributed by atoms with Crippen LogP contribution in [0.3, 0.4) is 0 Å². The summed E-state index contributed by atoms with van der Waals surface area (Å²) < 4.78 is 5.30. The predicted octanol–water partition coefficient (Wildman–Crippen LogP) is 1.75. The Bertz CT molecular complexity index is 420. The van der Waals surface area contributed by atoms with E-state index in [2.05, 4.69) is 28.7 Å². The second kappa shape index (κ2) is 5.84. The summed E-state index contributed by atoms with van der Waals surface area (Å²) in [5.74, 6) is 0.536. The molecule has 2 atom stereocenters. The lowest BCUT2D eigenvalue weighted by Gasteiger charge is -2.42. The van der Waals surface area contributed by atoms with Gasteiger partial charge in [-0.1, -0.05) is 6.92 Å². The van der Waals surface area contributed by atoms with Gasteiger partial charge in [0.25, 0.3) is 0 Å². The molecule has 0 spiro atoms. The van der Waals surface area contributed by atoms with Gasteiger partial charge in [0.2, 0.25) is 5.88 Å². The molecule has 1 saturated heterocycles. The number of nitrogens with zero attached hydrogens (tertiary/aromatic N) is 3. The third kappa shape index (κ3) is 2.58. The molecule has 0 radical (unpaired) electrons. The van der Waals surface area contributed by atoms with Crippen LogP contribution in [0, 0.1) is 0 Å². The van der Waals surface area contributed by atoms with Crippen molar-refractivity contribution in [1.82, 2.24) is 14.9 Å². The molecule has 0 bridgehead atoms. The molecule has 1 aliphatic rings. The van der Waals surface area contributed by atoms with E-state index in [0.717, 1.165) is 25.2 Å². The molecule has 5 heteroatoms. The Morgan fingerprint density at radius 2 is 2.00 bits per heavy atom. The van der Waals surface area contributed by atoms with Crippen LogP contribution in [0.5, 0.6) is 5.88 Å². The summed E-state index contributed by atoms with van der Waals surface area (Å²) in [5, 5.41) is 0. The summed E-state index contributed by atoms with van der Waals surface area (Å²) in [6.45, 7) is 6.62. The van der Waals surface area contributed by atoms with Gasteiger partial charge in [-0.2, -0.15) is 0 Å². The van der Waals surface area contributed by atoms with E-state index in [1.807, 2.05) is 0 Å². The number of likely N-dealkylation sites (tertiary alicyclic amines) is 1. The SMILES string of the molecule is CCC(C)(C(N)c1nccnc1OC)N1CCCC1. The summed E-state index contributed by atoms with van der Waals surface area (Å²) in [7, 11) is 1.61. The topological polar surface area (TPSA) is 64.3 Å². The van der Waals surface area contributed by atoms with E-state index in [1.54, 1.807) is 19.5 Å². The molecule has 0 aliphatic carbocycles. The van der Waals surface area contributed by atoms with Gasteiger partial charge in [0, 0.05) is 17.9 Å². The molecule has 0 saturated carbocycles. The van der Waals surface area contributed by atoms with Gasteiger partial charge in [0.05, 0.1) is 13.2 Å². The van der Waals surface area contributed by atoms with Crippen molar-refractivity contribution in [3.8, 4) is 5.88 Å². The minimum absolute atomic E-state index is 0.0974. The zero-order valence-electron chi connectivity index (χ0n) is 12.1. The van der Waals surface area contributed by atoms with Gasteiger partial charge in [-0.05, 0) is 39.3 Å². The third-order valence-electron chi connectivity index (χ3n) is 4.39. The molecule has 1 aromatic heterocycles. The van der Waals surface area contributed by atoms with Gasteiger partial charge >= 0.3 is 0 Å². The van der Waals surface area contributed by atoms with E-state index in [1.165, 1.54) is 12.8 Å². The van der Waals surface area contributed by atoms with Crippen molar-refractivity contribution in [1.29, 1.82) is 0 Å². The van der Waals surface area contributed by atoms with E-state index in [9.17, 15) is 0 Å². The highest BCUT2D eigenvalue weighted by atomic mass is 16.5. The van der Waals surface area contributed by atoms with E-state index < -0.39 is 0 Å². The molecule has 1 fully saturated rings. The Hall–Kier alpha value is -1.20. The standard InChI is InChI=1S/C14H24N4O/c1-4-14(2,18-9-5-6-10-18)12(15)11-13(19-3)17-8-7-16-11/h7-8,12H,4-6,9-10,15H2,1-3H3. The van der Waals surface area contributed by atoms with E-state index in [4.69, 9.17) is 10.5 Å². The van der Waals surface area contributed by atoms with Crippen LogP contribution in [-0.4, -0.2) is 40.6 Å². The van der Waals surface area contributed by atoms with E-state index in [-0.39, 0.29) is 11.6 Å². The van der Waals surface area contributed by atoms with Crippen LogP contribution in [0.2, 0.25) is 0 Å². The van der Waals surface area contributed by atoms with Gasteiger partial charge < -0.3 is 10.5 Å². The number of methoxy groups -OCH3 is 1. The second-order valence-electron chi connectivity index (χ2n) is 5.33. The normalized spacial score (nSPS) is 21.1. The molecule has 0 aromatic carbocycles. The lowest BCUT2D eigenvalue weighted by molar-refractivity contribution is 0.0969. The minimum atomic E-state index is -0.195. The second-order valence-corrected chi connectivity index (χ2v) is 5.33. The zero-order chi connectivity index (χ0) is 13.9. The molecule has 1 aliphatic heterocycles. The van der Waals surface area contributed by atoms with Crippen LogP contribution in [0.4, 0.5) is 0 Å². The Morgan fingerprint density at radius 1 is 1.37 bits per heavy atom. The van der Waals surface area contributed by atoms with Crippen LogP contribution in [0.15, 0.2) is 12.4 Å². The number of rotatable bonds is 5. The van der Waals surface area contributed by atoms with Crippen molar-refractivity contribution >= 4 is 0 Å². The number of hydrogen-bond donors (Lipinski definition) is 1. The van der Waals surface area contributed by atoms with Crippen LogP contribution < -0.4 is 10.5 Å². The van der Waals surface area contributed by atoms with E-state index in [0.29, 0.717) is 5.88 Å². The average Bonchev–Trinajstić information content (AvgIpc) is 3.00. The lowest BCUT2D eigenvalue weighted by atomic mass is 9.86. The first-order valence-electron chi connectivity index (χ1n) is 6.99. The van der Waals surface area contributed by atoms with Gasteiger partial charge in [0.1, 0.15) is 5.69 Å². The first-order valence-corrected chi connectivity index (χ1v) is 6.99. The molecule has 2 N–H and O–H groups in total. The maximum Gasteiger partial charge on any atom is 0.237 e. The fourth-order valence-corrected chi connectivity index (χ4v) is 2.87. The highest BCUT2D eigenvalue weighted by Gasteiger charge is 2.40. The molecule has 106 valence electrons. The Labute approximate surface area is 115 Å². The van der Waals surface area contributed by atoms with Crippen molar-refractivity contribution in [2.24, 2.45) is 5.73 Å². The van der Waals surface area contributed by atoms with Gasteiger partial charge in [-0.25, -0.2) is 4.98 Å². The minimum Gasteiger partial charge on any atom is -0.480 e. The van der Waals surface area contributed by atoms with Crippen molar-refractivity contribution < 1.29 is 4.74 Å². The summed E-state index contributed by atoms with van der Waals surface area (Å²) in [6.07, 6.45) is 6.79. The maximum absolute atomic E-state index is 6.52. The number of aromatic nitrogens is 2. The van der Waals surface area contributed by atoms with Crippen molar-refractivity contribution in [2.45, 2.75) is 44.7 Å². The Kier molecular flexibility index (Phi) is 4.37. The van der Waals surface area contributed by atoms with Crippen LogP contribution in [0.25, 0.3) is 0 Å².